The molecule has 37 heavy (non-hydrogen) atoms. The summed E-state index contributed by atoms with van der Waals surface area (Å²) in [6.07, 6.45) is 0. The molecule has 3 aromatic rings. The van der Waals surface area contributed by atoms with Crippen LogP contribution in [0.15, 0.2) is 87.9 Å². The third-order valence-corrected chi connectivity index (χ3v) is 8.41. The van der Waals surface area contributed by atoms with Gasteiger partial charge in [0, 0.05) is 33.4 Å². The van der Waals surface area contributed by atoms with Crippen LogP contribution in [0.1, 0.15) is 11.3 Å². The number of carboxylic acids is 1. The first-order chi connectivity index (χ1) is 17.8. The number of nitrogens with one attached hydrogen (secondary N) is 1. The number of carbonyl (C=O) groups is 3. The number of carbonyl (C=O) groups excluding carboxylic acids is 2. The molecule has 10 heteroatoms. The molecule has 1 saturated heterocycles. The van der Waals surface area contributed by atoms with E-state index < -0.39 is 23.3 Å². The van der Waals surface area contributed by atoms with Gasteiger partial charge in [-0.25, -0.2) is 4.79 Å². The van der Waals surface area contributed by atoms with Crippen LogP contribution in [-0.4, -0.2) is 55.9 Å². The van der Waals surface area contributed by atoms with Gasteiger partial charge in [-0.1, -0.05) is 59.8 Å². The zero-order valence-corrected chi connectivity index (χ0v) is 21.5. The van der Waals surface area contributed by atoms with Gasteiger partial charge in [0.1, 0.15) is 22.8 Å². The van der Waals surface area contributed by atoms with Gasteiger partial charge in [-0.3, -0.25) is 14.5 Å². The van der Waals surface area contributed by atoms with Crippen molar-refractivity contribution in [3.05, 3.63) is 89.8 Å². The maximum atomic E-state index is 13.0. The van der Waals surface area contributed by atoms with Crippen LogP contribution < -0.4 is 5.32 Å². The number of hydrogen-bond acceptors (Lipinski definition) is 7. The summed E-state index contributed by atoms with van der Waals surface area (Å²) in [5.74, 6) is -1.20. The molecule has 0 unspecified atom stereocenters. The summed E-state index contributed by atoms with van der Waals surface area (Å²) >= 11 is 2.75. The van der Waals surface area contributed by atoms with E-state index in [1.54, 1.807) is 6.07 Å². The van der Waals surface area contributed by atoms with Crippen LogP contribution >= 0.6 is 23.5 Å². The molecule has 1 fully saturated rings. The fourth-order valence-corrected chi connectivity index (χ4v) is 6.27. The largest absolute Gasteiger partial charge is 0.477 e. The third kappa shape index (κ3) is 4.94. The van der Waals surface area contributed by atoms with Gasteiger partial charge in [0.25, 0.3) is 5.91 Å². The molecule has 2 aliphatic heterocycles. The summed E-state index contributed by atoms with van der Waals surface area (Å²) in [5, 5.41) is 16.4. The molecule has 8 nitrogen and oxygen atoms in total. The second-order valence-electron chi connectivity index (χ2n) is 8.61. The van der Waals surface area contributed by atoms with Crippen molar-refractivity contribution in [3.8, 4) is 11.3 Å². The Bertz CT molecular complexity index is 1420. The van der Waals surface area contributed by atoms with Crippen molar-refractivity contribution in [1.29, 1.82) is 0 Å². The summed E-state index contributed by atoms with van der Waals surface area (Å²) in [7, 11) is 0. The van der Waals surface area contributed by atoms with E-state index in [9.17, 15) is 19.5 Å². The van der Waals surface area contributed by atoms with E-state index >= 15 is 0 Å². The van der Waals surface area contributed by atoms with Gasteiger partial charge in [-0.15, -0.1) is 23.5 Å². The quantitative estimate of drug-likeness (QED) is 0.327. The van der Waals surface area contributed by atoms with Crippen LogP contribution in [0.25, 0.3) is 16.8 Å². The molecule has 0 saturated carbocycles. The molecule has 0 spiro atoms. The lowest BCUT2D eigenvalue weighted by atomic mass is 9.98. The monoisotopic (exact) mass is 533 g/mol. The number of amides is 2. The first-order valence-electron chi connectivity index (χ1n) is 11.4. The van der Waals surface area contributed by atoms with E-state index in [2.05, 4.69) is 17.1 Å². The second kappa shape index (κ2) is 10.3. The zero-order valence-electron chi connectivity index (χ0n) is 19.8. The summed E-state index contributed by atoms with van der Waals surface area (Å²) in [5.41, 5.74) is 3.18. The molecular formula is C27H23N3O5S2. The maximum Gasteiger partial charge on any atom is 0.352 e. The number of nitrogens with zero attached hydrogens (tertiary/aromatic N) is 2. The van der Waals surface area contributed by atoms with Crippen LogP contribution in [0.4, 0.5) is 0 Å². The van der Waals surface area contributed by atoms with Gasteiger partial charge in [0.05, 0.1) is 5.75 Å². The predicted molar refractivity (Wildman–Crippen MR) is 143 cm³/mol. The van der Waals surface area contributed by atoms with E-state index in [1.807, 2.05) is 61.5 Å². The number of benzene rings is 2. The molecule has 1 aromatic heterocycles. The number of aliphatic carboxylic acids is 1. The lowest BCUT2D eigenvalue weighted by Gasteiger charge is -2.49. The molecule has 0 aliphatic carbocycles. The van der Waals surface area contributed by atoms with Gasteiger partial charge in [-0.05, 0) is 19.1 Å². The first-order valence-corrected chi connectivity index (χ1v) is 13.5. The van der Waals surface area contributed by atoms with E-state index in [1.165, 1.54) is 28.4 Å². The van der Waals surface area contributed by atoms with Gasteiger partial charge in [0.2, 0.25) is 5.91 Å². The lowest BCUT2D eigenvalue weighted by Crippen LogP contribution is -2.70. The van der Waals surface area contributed by atoms with Crippen LogP contribution in [0, 0.1) is 6.92 Å². The minimum atomic E-state index is -1.24. The minimum absolute atomic E-state index is 0.142. The predicted octanol–water partition coefficient (Wildman–Crippen LogP) is 4.19. The number of hydrogen-bond donors (Lipinski definition) is 2. The Morgan fingerprint density at radius 2 is 1.95 bits per heavy atom. The van der Waals surface area contributed by atoms with Crippen LogP contribution in [-0.2, 0) is 14.4 Å². The molecular weight excluding hydrogens is 510 g/mol. The lowest BCUT2D eigenvalue weighted by molar-refractivity contribution is -0.150. The molecule has 2 aromatic carbocycles. The Kier molecular flexibility index (Phi) is 6.94. The van der Waals surface area contributed by atoms with Crippen LogP contribution in [0.3, 0.4) is 0 Å². The summed E-state index contributed by atoms with van der Waals surface area (Å²) in [4.78, 5) is 39.9. The average molecular weight is 534 g/mol. The Labute approximate surface area is 221 Å². The molecule has 2 amide bonds. The van der Waals surface area contributed by atoms with Crippen molar-refractivity contribution in [1.82, 2.24) is 15.4 Å². The smallest absolute Gasteiger partial charge is 0.352 e. The third-order valence-electron chi connectivity index (χ3n) is 6.12. The number of carboxylic acid groups (broad SMARTS) is 1. The Morgan fingerprint density at radius 3 is 2.65 bits per heavy atom. The number of aryl methyl sites for hydroxylation is 1. The van der Waals surface area contributed by atoms with Crippen molar-refractivity contribution >= 4 is 46.9 Å². The average Bonchev–Trinajstić information content (AvgIpc) is 3.40. The molecule has 0 bridgehead atoms. The number of allylic oxidation sites excluding steroid dienone is 1. The standard InChI is InChI=1S/C27H23N3O5S2/c1-15-8-10-17(11-9-15)20-12-21(35-29-20)16(2)19-13-37-26-23(25(32)30(26)24(19)27(33)34)28-22(31)14-36-18-6-4-3-5-7-18/h3-12,23,26H,2,13-14H2,1H3,(H,28,31)(H,33,34)/t23-,26-/m1/s1. The van der Waals surface area contributed by atoms with Crippen molar-refractivity contribution < 1.29 is 24.0 Å². The van der Waals surface area contributed by atoms with E-state index in [0.717, 1.165) is 16.0 Å². The van der Waals surface area contributed by atoms with E-state index in [4.69, 9.17) is 4.52 Å². The number of thioether (sulfide) groups is 2. The van der Waals surface area contributed by atoms with Gasteiger partial charge in [0.15, 0.2) is 5.76 Å². The Hall–Kier alpha value is -3.76. The molecule has 2 N–H and O–H groups in total. The Balaban J connectivity index is 1.30. The molecule has 5 rings (SSSR count). The zero-order chi connectivity index (χ0) is 26.1. The summed E-state index contributed by atoms with van der Waals surface area (Å²) in [6, 6.07) is 18.2. The first kappa shape index (κ1) is 24.9. The molecule has 2 aliphatic rings. The van der Waals surface area contributed by atoms with Crippen molar-refractivity contribution in [2.75, 3.05) is 11.5 Å². The number of β-lactam (4-membered cyclic amide) rings is 1. The number of rotatable bonds is 8. The van der Waals surface area contributed by atoms with Crippen LogP contribution in [0.2, 0.25) is 0 Å². The summed E-state index contributed by atoms with van der Waals surface area (Å²) < 4.78 is 5.49. The molecule has 188 valence electrons. The van der Waals surface area contributed by atoms with E-state index in [-0.39, 0.29) is 17.4 Å². The van der Waals surface area contributed by atoms with Gasteiger partial charge < -0.3 is 14.9 Å². The molecule has 3 heterocycles. The highest BCUT2D eigenvalue weighted by atomic mass is 32.2. The number of fused-ring (bicyclic) bond motifs is 1. The normalized spacial score (nSPS) is 18.7. The van der Waals surface area contributed by atoms with Crippen molar-refractivity contribution in [2.45, 2.75) is 23.2 Å². The number of aromatic nitrogens is 1. The maximum absolute atomic E-state index is 13.0. The van der Waals surface area contributed by atoms with Crippen molar-refractivity contribution in [2.24, 2.45) is 0 Å². The fourth-order valence-electron chi connectivity index (χ4n) is 4.16. The highest BCUT2D eigenvalue weighted by molar-refractivity contribution is 8.00. The summed E-state index contributed by atoms with van der Waals surface area (Å²) in [6.45, 7) is 6.04. The SMILES string of the molecule is C=C(C1=C(C(=O)O)N2C(=O)[C@@H](NC(=O)CSc3ccccc3)[C@H]2SC1)c1cc(-c2ccc(C)cc2)no1. The van der Waals surface area contributed by atoms with Gasteiger partial charge in [-0.2, -0.15) is 0 Å². The fraction of sp³-hybridized carbons (Fsp3) is 0.185. The minimum Gasteiger partial charge on any atom is -0.477 e. The highest BCUT2D eigenvalue weighted by Gasteiger charge is 2.54. The Morgan fingerprint density at radius 1 is 1.22 bits per heavy atom. The van der Waals surface area contributed by atoms with Crippen molar-refractivity contribution in [3.63, 3.8) is 0 Å². The van der Waals surface area contributed by atoms with Gasteiger partial charge >= 0.3 is 5.97 Å². The molecule has 0 radical (unpaired) electrons. The van der Waals surface area contributed by atoms with Crippen LogP contribution in [0.5, 0.6) is 0 Å². The topological polar surface area (TPSA) is 113 Å². The second-order valence-corrected chi connectivity index (χ2v) is 10.8. The van der Waals surface area contributed by atoms with E-state index in [0.29, 0.717) is 28.4 Å². The highest BCUT2D eigenvalue weighted by Crippen LogP contribution is 2.44. The molecule has 2 atom stereocenters.